The molecular weight excluding hydrogens is 238 g/mol. The second-order valence-corrected chi connectivity index (χ2v) is 4.53. The first-order chi connectivity index (χ1) is 9.22. The number of nitrogen functional groups attached to an aromatic ring is 1. The molecule has 0 aliphatic heterocycles. The van der Waals surface area contributed by atoms with Crippen molar-refractivity contribution in [1.82, 2.24) is 4.98 Å². The molecule has 3 N–H and O–H groups in total. The van der Waals surface area contributed by atoms with Gasteiger partial charge in [0.15, 0.2) is 0 Å². The van der Waals surface area contributed by atoms with Gasteiger partial charge in [0.1, 0.15) is 11.6 Å². The van der Waals surface area contributed by atoms with Crippen molar-refractivity contribution in [3.05, 3.63) is 54.5 Å². The van der Waals surface area contributed by atoms with Gasteiger partial charge in [0, 0.05) is 11.1 Å². The average Bonchev–Trinajstić information content (AvgIpc) is 2.93. The Bertz CT molecular complexity index is 692. The van der Waals surface area contributed by atoms with Crippen LogP contribution in [0.15, 0.2) is 53.1 Å². The van der Waals surface area contributed by atoms with Crippen molar-refractivity contribution >= 4 is 22.4 Å². The number of hydrogen-bond acceptors (Lipinski definition) is 4. The first-order valence-electron chi connectivity index (χ1n) is 6.18. The van der Waals surface area contributed by atoms with Gasteiger partial charge in [0.2, 0.25) is 0 Å². The molecule has 0 bridgehead atoms. The van der Waals surface area contributed by atoms with Crippen molar-refractivity contribution < 1.29 is 4.42 Å². The van der Waals surface area contributed by atoms with Gasteiger partial charge < -0.3 is 15.5 Å². The molecular formula is C15H15N3O. The van der Waals surface area contributed by atoms with E-state index in [1.54, 1.807) is 6.26 Å². The van der Waals surface area contributed by atoms with Gasteiger partial charge >= 0.3 is 0 Å². The van der Waals surface area contributed by atoms with Crippen LogP contribution in [0, 0.1) is 0 Å². The van der Waals surface area contributed by atoms with Crippen molar-refractivity contribution in [2.45, 2.75) is 13.0 Å². The van der Waals surface area contributed by atoms with Crippen LogP contribution in [-0.2, 0) is 0 Å². The Morgan fingerprint density at radius 3 is 2.89 bits per heavy atom. The summed E-state index contributed by atoms with van der Waals surface area (Å²) < 4.78 is 5.36. The van der Waals surface area contributed by atoms with Crippen LogP contribution >= 0.6 is 0 Å². The second kappa shape index (κ2) is 4.65. The van der Waals surface area contributed by atoms with Crippen LogP contribution in [0.3, 0.4) is 0 Å². The summed E-state index contributed by atoms with van der Waals surface area (Å²) in [5.74, 6) is 1.71. The fourth-order valence-corrected chi connectivity index (χ4v) is 2.06. The molecule has 96 valence electrons. The summed E-state index contributed by atoms with van der Waals surface area (Å²) in [5.41, 5.74) is 7.42. The minimum atomic E-state index is 0.0775. The van der Waals surface area contributed by atoms with E-state index in [2.05, 4.69) is 10.3 Å². The normalized spacial score (nSPS) is 12.5. The zero-order valence-electron chi connectivity index (χ0n) is 10.6. The standard InChI is InChI=1S/C15H15N3O/c1-10(14-3-2-8-19-14)17-15-7-4-11-9-12(16)5-6-13(11)18-15/h2-10H,16H2,1H3,(H,17,18). The van der Waals surface area contributed by atoms with Gasteiger partial charge in [-0.3, -0.25) is 0 Å². The summed E-state index contributed by atoms with van der Waals surface area (Å²) >= 11 is 0. The highest BCUT2D eigenvalue weighted by atomic mass is 16.3. The van der Waals surface area contributed by atoms with E-state index in [1.165, 1.54) is 0 Å². The van der Waals surface area contributed by atoms with Gasteiger partial charge in [-0.1, -0.05) is 0 Å². The van der Waals surface area contributed by atoms with E-state index in [1.807, 2.05) is 49.4 Å². The van der Waals surface area contributed by atoms with Gasteiger partial charge in [-0.15, -0.1) is 0 Å². The van der Waals surface area contributed by atoms with Gasteiger partial charge in [-0.25, -0.2) is 4.98 Å². The largest absolute Gasteiger partial charge is 0.467 e. The molecule has 0 radical (unpaired) electrons. The van der Waals surface area contributed by atoms with E-state index >= 15 is 0 Å². The number of nitrogens with one attached hydrogen (secondary N) is 1. The Morgan fingerprint density at radius 1 is 1.21 bits per heavy atom. The molecule has 3 rings (SSSR count). The molecule has 0 aliphatic carbocycles. The van der Waals surface area contributed by atoms with Gasteiger partial charge in [0.25, 0.3) is 0 Å². The maximum absolute atomic E-state index is 5.75. The molecule has 0 saturated carbocycles. The van der Waals surface area contributed by atoms with Crippen LogP contribution in [0.5, 0.6) is 0 Å². The molecule has 0 aliphatic rings. The van der Waals surface area contributed by atoms with Crippen molar-refractivity contribution in [2.24, 2.45) is 0 Å². The quantitative estimate of drug-likeness (QED) is 0.700. The lowest BCUT2D eigenvalue weighted by atomic mass is 10.2. The molecule has 1 aromatic carbocycles. The summed E-state index contributed by atoms with van der Waals surface area (Å²) in [5, 5.41) is 4.35. The van der Waals surface area contributed by atoms with E-state index in [4.69, 9.17) is 10.2 Å². The minimum Gasteiger partial charge on any atom is -0.467 e. The summed E-state index contributed by atoms with van der Waals surface area (Å²) in [7, 11) is 0. The Labute approximate surface area is 111 Å². The Morgan fingerprint density at radius 2 is 2.11 bits per heavy atom. The number of fused-ring (bicyclic) bond motifs is 1. The fraction of sp³-hybridized carbons (Fsp3) is 0.133. The lowest BCUT2D eigenvalue weighted by Gasteiger charge is -2.12. The third-order valence-corrected chi connectivity index (χ3v) is 3.05. The molecule has 4 nitrogen and oxygen atoms in total. The van der Waals surface area contributed by atoms with Gasteiger partial charge in [0.05, 0.1) is 17.8 Å². The van der Waals surface area contributed by atoms with E-state index in [0.29, 0.717) is 0 Å². The third-order valence-electron chi connectivity index (χ3n) is 3.05. The molecule has 0 spiro atoms. The Balaban J connectivity index is 1.87. The minimum absolute atomic E-state index is 0.0775. The number of aromatic nitrogens is 1. The Hall–Kier alpha value is -2.49. The number of nitrogens with zero attached hydrogens (tertiary/aromatic N) is 1. The lowest BCUT2D eigenvalue weighted by Crippen LogP contribution is -2.06. The summed E-state index contributed by atoms with van der Waals surface area (Å²) in [6, 6.07) is 13.6. The number of nitrogens with two attached hydrogens (primary N) is 1. The van der Waals surface area contributed by atoms with Gasteiger partial charge in [-0.2, -0.15) is 0 Å². The average molecular weight is 253 g/mol. The van der Waals surface area contributed by atoms with E-state index in [-0.39, 0.29) is 6.04 Å². The maximum atomic E-state index is 5.75. The van der Waals surface area contributed by atoms with E-state index in [9.17, 15) is 0 Å². The SMILES string of the molecule is CC(Nc1ccc2cc(N)ccc2n1)c1ccco1. The van der Waals surface area contributed by atoms with Crippen LogP contribution < -0.4 is 11.1 Å². The molecule has 0 fully saturated rings. The van der Waals surface area contributed by atoms with E-state index in [0.717, 1.165) is 28.2 Å². The smallest absolute Gasteiger partial charge is 0.127 e. The summed E-state index contributed by atoms with van der Waals surface area (Å²) in [6.45, 7) is 2.04. The molecule has 1 unspecified atom stereocenters. The van der Waals surface area contributed by atoms with Crippen LogP contribution in [-0.4, -0.2) is 4.98 Å². The monoisotopic (exact) mass is 253 g/mol. The zero-order chi connectivity index (χ0) is 13.2. The van der Waals surface area contributed by atoms with Crippen LogP contribution in [0.4, 0.5) is 11.5 Å². The molecule has 2 heterocycles. The van der Waals surface area contributed by atoms with Crippen molar-refractivity contribution in [1.29, 1.82) is 0 Å². The Kier molecular flexibility index (Phi) is 2.83. The number of anilines is 2. The highest BCUT2D eigenvalue weighted by molar-refractivity contribution is 5.83. The summed E-state index contributed by atoms with van der Waals surface area (Å²) in [6.07, 6.45) is 1.67. The van der Waals surface area contributed by atoms with Crippen LogP contribution in [0.1, 0.15) is 18.7 Å². The highest BCUT2D eigenvalue weighted by Gasteiger charge is 2.08. The van der Waals surface area contributed by atoms with Gasteiger partial charge in [-0.05, 0) is 49.4 Å². The summed E-state index contributed by atoms with van der Waals surface area (Å²) in [4.78, 5) is 4.56. The highest BCUT2D eigenvalue weighted by Crippen LogP contribution is 2.21. The molecule has 3 aromatic rings. The topological polar surface area (TPSA) is 64.1 Å². The lowest BCUT2D eigenvalue weighted by molar-refractivity contribution is 0.490. The fourth-order valence-electron chi connectivity index (χ4n) is 2.06. The van der Waals surface area contributed by atoms with Crippen molar-refractivity contribution in [3.63, 3.8) is 0 Å². The van der Waals surface area contributed by atoms with Crippen molar-refractivity contribution in [2.75, 3.05) is 11.1 Å². The molecule has 1 atom stereocenters. The number of pyridine rings is 1. The molecule has 19 heavy (non-hydrogen) atoms. The predicted molar refractivity (Wildman–Crippen MR) is 76.9 cm³/mol. The number of rotatable bonds is 3. The first-order valence-corrected chi connectivity index (χ1v) is 6.18. The zero-order valence-corrected chi connectivity index (χ0v) is 10.6. The van der Waals surface area contributed by atoms with E-state index < -0.39 is 0 Å². The number of benzene rings is 1. The molecule has 2 aromatic heterocycles. The first kappa shape index (κ1) is 11.6. The van der Waals surface area contributed by atoms with Crippen molar-refractivity contribution in [3.8, 4) is 0 Å². The molecule has 4 heteroatoms. The number of hydrogen-bond donors (Lipinski definition) is 2. The second-order valence-electron chi connectivity index (χ2n) is 4.53. The number of furan rings is 1. The predicted octanol–water partition coefficient (Wildman–Crippen LogP) is 3.58. The van der Waals surface area contributed by atoms with Crippen LogP contribution in [0.25, 0.3) is 10.9 Å². The maximum Gasteiger partial charge on any atom is 0.127 e. The molecule has 0 saturated heterocycles. The third kappa shape index (κ3) is 2.38. The van der Waals surface area contributed by atoms with Crippen LogP contribution in [0.2, 0.25) is 0 Å². The molecule has 0 amide bonds.